The van der Waals surface area contributed by atoms with Gasteiger partial charge < -0.3 is 15.0 Å². The fourth-order valence-corrected chi connectivity index (χ4v) is 2.89. The molecule has 1 aliphatic heterocycles. The van der Waals surface area contributed by atoms with Crippen LogP contribution in [0.25, 0.3) is 0 Å². The number of nitriles is 1. The van der Waals surface area contributed by atoms with Gasteiger partial charge in [-0.15, -0.1) is 0 Å². The van der Waals surface area contributed by atoms with Crippen molar-refractivity contribution in [3.8, 4) is 11.8 Å². The van der Waals surface area contributed by atoms with Crippen LogP contribution in [-0.4, -0.2) is 9.49 Å². The van der Waals surface area contributed by atoms with E-state index < -0.39 is 10.8 Å². The average Bonchev–Trinajstić information content (AvgIpc) is 2.58. The molecule has 1 aromatic carbocycles. The number of aromatic nitrogens is 1. The van der Waals surface area contributed by atoms with Crippen molar-refractivity contribution in [2.24, 2.45) is 12.8 Å². The molecule has 1 aliphatic rings. The molecule has 1 aromatic heterocycles. The van der Waals surface area contributed by atoms with Gasteiger partial charge in [0.15, 0.2) is 0 Å². The normalized spacial score (nSPS) is 16.0. The number of fused-ring (bicyclic) bond motifs is 1. The number of benzene rings is 1. The third-order valence-corrected chi connectivity index (χ3v) is 4.27. The van der Waals surface area contributed by atoms with Crippen LogP contribution in [0.15, 0.2) is 46.6 Å². The molecule has 0 spiro atoms. The van der Waals surface area contributed by atoms with Gasteiger partial charge in [-0.2, -0.15) is 5.26 Å². The maximum Gasteiger partial charge on any atom is 0.269 e. The first-order valence-corrected chi connectivity index (χ1v) is 7.37. The van der Waals surface area contributed by atoms with E-state index in [4.69, 9.17) is 10.5 Å². The van der Waals surface area contributed by atoms with Crippen LogP contribution in [-0.2, 0) is 7.05 Å². The molecule has 2 heterocycles. The Balaban J connectivity index is 2.34. The van der Waals surface area contributed by atoms with Gasteiger partial charge in [0, 0.05) is 30.9 Å². The van der Waals surface area contributed by atoms with Gasteiger partial charge >= 0.3 is 0 Å². The highest BCUT2D eigenvalue weighted by molar-refractivity contribution is 5.56. The molecule has 0 amide bonds. The number of allylic oxidation sites excluding steroid dienone is 1. The Morgan fingerprint density at radius 2 is 2.12 bits per heavy atom. The molecule has 3 rings (SSSR count). The molecule has 0 fully saturated rings. The van der Waals surface area contributed by atoms with Crippen LogP contribution >= 0.6 is 0 Å². The van der Waals surface area contributed by atoms with E-state index in [-0.39, 0.29) is 34.0 Å². The molecule has 126 valence electrons. The summed E-state index contributed by atoms with van der Waals surface area (Å²) in [6.45, 7) is 1.74. The smallest absolute Gasteiger partial charge is 0.269 e. The van der Waals surface area contributed by atoms with Crippen LogP contribution in [0.3, 0.4) is 0 Å². The van der Waals surface area contributed by atoms with Gasteiger partial charge in [-0.3, -0.25) is 14.9 Å². The molecule has 0 aliphatic carbocycles. The first kappa shape index (κ1) is 16.3. The van der Waals surface area contributed by atoms with Crippen LogP contribution in [0, 0.1) is 28.4 Å². The molecule has 2 aromatic rings. The Labute approximate surface area is 142 Å². The molecule has 0 saturated carbocycles. The van der Waals surface area contributed by atoms with E-state index in [0.29, 0.717) is 11.3 Å². The van der Waals surface area contributed by atoms with Crippen molar-refractivity contribution in [2.45, 2.75) is 12.8 Å². The van der Waals surface area contributed by atoms with E-state index in [1.165, 1.54) is 22.8 Å². The second kappa shape index (κ2) is 5.79. The van der Waals surface area contributed by atoms with Crippen molar-refractivity contribution in [2.75, 3.05) is 0 Å². The number of nitrogens with zero attached hydrogens (tertiary/aromatic N) is 3. The minimum atomic E-state index is -0.826. The van der Waals surface area contributed by atoms with Crippen molar-refractivity contribution in [3.63, 3.8) is 0 Å². The zero-order valence-corrected chi connectivity index (χ0v) is 13.5. The number of hydrogen-bond acceptors (Lipinski definition) is 6. The summed E-state index contributed by atoms with van der Waals surface area (Å²) >= 11 is 0. The second-order valence-electron chi connectivity index (χ2n) is 5.70. The highest BCUT2D eigenvalue weighted by Crippen LogP contribution is 2.41. The molecule has 0 bridgehead atoms. The molecular formula is C17H14N4O4. The lowest BCUT2D eigenvalue weighted by Crippen LogP contribution is -2.31. The molecule has 8 heteroatoms. The number of rotatable bonds is 2. The predicted octanol–water partition coefficient (Wildman–Crippen LogP) is 1.82. The lowest BCUT2D eigenvalue weighted by Gasteiger charge is -2.26. The summed E-state index contributed by atoms with van der Waals surface area (Å²) in [5.41, 5.74) is 6.76. The number of hydrogen-bond donors (Lipinski definition) is 1. The largest absolute Gasteiger partial charge is 0.440 e. The Bertz CT molecular complexity index is 1030. The highest BCUT2D eigenvalue weighted by atomic mass is 16.6. The highest BCUT2D eigenvalue weighted by Gasteiger charge is 2.34. The topological polar surface area (TPSA) is 124 Å². The van der Waals surface area contributed by atoms with Gasteiger partial charge in [-0.05, 0) is 12.5 Å². The third-order valence-electron chi connectivity index (χ3n) is 4.27. The minimum absolute atomic E-state index is 0.0500. The van der Waals surface area contributed by atoms with E-state index in [0.717, 1.165) is 0 Å². The lowest BCUT2D eigenvalue weighted by molar-refractivity contribution is -0.384. The Morgan fingerprint density at radius 3 is 2.76 bits per heavy atom. The van der Waals surface area contributed by atoms with Gasteiger partial charge in [0.05, 0.1) is 16.4 Å². The van der Waals surface area contributed by atoms with E-state index in [9.17, 15) is 20.2 Å². The predicted molar refractivity (Wildman–Crippen MR) is 88.8 cm³/mol. The van der Waals surface area contributed by atoms with E-state index in [1.54, 1.807) is 26.1 Å². The maximum absolute atomic E-state index is 12.8. The summed E-state index contributed by atoms with van der Waals surface area (Å²) in [4.78, 5) is 23.3. The van der Waals surface area contributed by atoms with E-state index >= 15 is 0 Å². The maximum atomic E-state index is 12.8. The summed E-state index contributed by atoms with van der Waals surface area (Å²) in [6.07, 6.45) is 0. The van der Waals surface area contributed by atoms with Crippen molar-refractivity contribution in [3.05, 3.63) is 79.1 Å². The SMILES string of the molecule is Cc1cc2c(c(=O)n1C)C(c1cccc([N+](=O)[O-])c1)C(C#N)=C(N)O2. The monoisotopic (exact) mass is 338 g/mol. The zero-order chi connectivity index (χ0) is 18.3. The summed E-state index contributed by atoms with van der Waals surface area (Å²) < 4.78 is 6.90. The molecular weight excluding hydrogens is 324 g/mol. The van der Waals surface area contributed by atoms with Crippen molar-refractivity contribution in [1.29, 1.82) is 5.26 Å². The summed E-state index contributed by atoms with van der Waals surface area (Å²) in [5.74, 6) is -0.680. The van der Waals surface area contributed by atoms with E-state index in [2.05, 4.69) is 0 Å². The first-order valence-electron chi connectivity index (χ1n) is 7.37. The molecule has 25 heavy (non-hydrogen) atoms. The van der Waals surface area contributed by atoms with Gasteiger partial charge in [-0.25, -0.2) is 0 Å². The first-order chi connectivity index (χ1) is 11.8. The minimum Gasteiger partial charge on any atom is -0.440 e. The number of non-ortho nitro benzene ring substituents is 1. The van der Waals surface area contributed by atoms with Crippen LogP contribution in [0.5, 0.6) is 5.75 Å². The summed E-state index contributed by atoms with van der Waals surface area (Å²) in [7, 11) is 1.61. The zero-order valence-electron chi connectivity index (χ0n) is 13.5. The number of ether oxygens (including phenoxy) is 1. The number of nitrogens with two attached hydrogens (primary N) is 1. The fourth-order valence-electron chi connectivity index (χ4n) is 2.89. The summed E-state index contributed by atoms with van der Waals surface area (Å²) in [5, 5.41) is 20.6. The Kier molecular flexibility index (Phi) is 3.77. The second-order valence-corrected chi connectivity index (χ2v) is 5.70. The molecule has 0 radical (unpaired) electrons. The van der Waals surface area contributed by atoms with Crippen molar-refractivity contribution < 1.29 is 9.66 Å². The van der Waals surface area contributed by atoms with Crippen molar-refractivity contribution in [1.82, 2.24) is 4.57 Å². The van der Waals surface area contributed by atoms with Gasteiger partial charge in [0.2, 0.25) is 5.88 Å². The number of nitro groups is 1. The van der Waals surface area contributed by atoms with E-state index in [1.807, 2.05) is 6.07 Å². The molecule has 1 unspecified atom stereocenters. The van der Waals surface area contributed by atoms with Crippen LogP contribution in [0.2, 0.25) is 0 Å². The number of aryl methyl sites for hydroxylation is 1. The molecule has 8 nitrogen and oxygen atoms in total. The van der Waals surface area contributed by atoms with Crippen LogP contribution in [0.1, 0.15) is 22.7 Å². The van der Waals surface area contributed by atoms with Gasteiger partial charge in [0.1, 0.15) is 17.4 Å². The van der Waals surface area contributed by atoms with Crippen LogP contribution in [0.4, 0.5) is 5.69 Å². The average molecular weight is 338 g/mol. The summed E-state index contributed by atoms with van der Waals surface area (Å²) in [6, 6.07) is 9.43. The quantitative estimate of drug-likeness (QED) is 0.658. The molecule has 1 atom stereocenters. The Hall–Kier alpha value is -3.60. The Morgan fingerprint density at radius 1 is 1.40 bits per heavy atom. The number of pyridine rings is 1. The molecule has 0 saturated heterocycles. The fraction of sp³-hybridized carbons (Fsp3) is 0.176. The molecule has 2 N–H and O–H groups in total. The van der Waals surface area contributed by atoms with Crippen LogP contribution < -0.4 is 16.0 Å². The lowest BCUT2D eigenvalue weighted by atomic mass is 9.84. The standard InChI is InChI=1S/C17H14N4O4/c1-9-6-13-15(17(22)20(9)2)14(12(8-18)16(19)25-13)10-4-3-5-11(7-10)21(23)24/h3-7,14H,19H2,1-2H3. The third kappa shape index (κ3) is 2.52. The number of nitro benzene ring substituents is 1. The van der Waals surface area contributed by atoms with Gasteiger partial charge in [-0.1, -0.05) is 12.1 Å². The van der Waals surface area contributed by atoms with Crippen molar-refractivity contribution >= 4 is 5.69 Å². The van der Waals surface area contributed by atoms with Gasteiger partial charge in [0.25, 0.3) is 11.2 Å².